The van der Waals surface area contributed by atoms with Crippen molar-refractivity contribution in [2.45, 2.75) is 37.8 Å². The summed E-state index contributed by atoms with van der Waals surface area (Å²) in [5.74, 6) is 1.99. The lowest BCUT2D eigenvalue weighted by molar-refractivity contribution is 0.0381. The number of hydrogen-bond acceptors (Lipinski definition) is 9. The Balaban J connectivity index is 1.47. The molecule has 2 aromatic heterocycles. The van der Waals surface area contributed by atoms with E-state index >= 15 is 0 Å². The molecule has 0 radical (unpaired) electrons. The number of likely N-dealkylation sites (N-methyl/N-ethyl adjacent to an activating group) is 1. The van der Waals surface area contributed by atoms with Crippen molar-refractivity contribution >= 4 is 17.7 Å². The van der Waals surface area contributed by atoms with E-state index in [1.807, 2.05) is 6.07 Å². The lowest BCUT2D eigenvalue weighted by Gasteiger charge is -2.52. The number of anilines is 3. The third kappa shape index (κ3) is 3.45. The van der Waals surface area contributed by atoms with Crippen LogP contribution in [0.1, 0.15) is 26.2 Å². The highest BCUT2D eigenvalue weighted by Gasteiger charge is 2.49. The first-order chi connectivity index (χ1) is 14.6. The Labute approximate surface area is 177 Å². The van der Waals surface area contributed by atoms with E-state index in [-0.39, 0.29) is 17.6 Å². The van der Waals surface area contributed by atoms with Crippen LogP contribution in [0.2, 0.25) is 0 Å². The topological polar surface area (TPSA) is 96.5 Å². The van der Waals surface area contributed by atoms with E-state index in [2.05, 4.69) is 38.6 Å². The smallest absolute Gasteiger partial charge is 0.228 e. The number of likely N-dealkylation sites (tertiary alicyclic amines) is 1. The minimum Gasteiger partial charge on any atom is -0.375 e. The third-order valence-electron chi connectivity index (χ3n) is 6.79. The molecule has 1 spiro atoms. The molecule has 5 rings (SSSR count). The Morgan fingerprint density at radius 2 is 1.97 bits per heavy atom. The summed E-state index contributed by atoms with van der Waals surface area (Å²) in [5.41, 5.74) is 7.65. The predicted octanol–water partition coefficient (Wildman–Crippen LogP) is 1.42. The average Bonchev–Trinajstić information content (AvgIpc) is 3.14. The molecule has 3 saturated heterocycles. The van der Waals surface area contributed by atoms with E-state index < -0.39 is 0 Å². The lowest BCUT2D eigenvalue weighted by atomic mass is 9.87. The van der Waals surface area contributed by atoms with Gasteiger partial charge in [0, 0.05) is 50.2 Å². The molecular weight excluding hydrogens is 380 g/mol. The molecule has 0 amide bonds. The van der Waals surface area contributed by atoms with Gasteiger partial charge < -0.3 is 20.3 Å². The third-order valence-corrected chi connectivity index (χ3v) is 6.79. The molecular formula is C21H30N8O. The number of aromatic nitrogens is 4. The van der Waals surface area contributed by atoms with Crippen LogP contribution in [-0.2, 0) is 4.74 Å². The molecule has 30 heavy (non-hydrogen) atoms. The number of morpholine rings is 1. The fourth-order valence-corrected chi connectivity index (χ4v) is 4.80. The molecule has 3 aliphatic rings. The van der Waals surface area contributed by atoms with Gasteiger partial charge >= 0.3 is 0 Å². The minimum atomic E-state index is 0.236. The van der Waals surface area contributed by atoms with Crippen LogP contribution in [0, 0.1) is 0 Å². The van der Waals surface area contributed by atoms with Gasteiger partial charge in [0.15, 0.2) is 0 Å². The number of ether oxygens (including phenoxy) is 1. The summed E-state index contributed by atoms with van der Waals surface area (Å²) in [6.45, 7) is 7.68. The molecule has 2 N–H and O–H groups in total. The van der Waals surface area contributed by atoms with Crippen molar-refractivity contribution in [3.8, 4) is 11.3 Å². The van der Waals surface area contributed by atoms with Crippen molar-refractivity contribution in [3.05, 3.63) is 18.5 Å². The molecule has 0 saturated carbocycles. The van der Waals surface area contributed by atoms with Crippen LogP contribution < -0.4 is 15.5 Å². The fraction of sp³-hybridized carbons (Fsp3) is 0.619. The summed E-state index contributed by atoms with van der Waals surface area (Å²) in [6, 6.07) is 2.04. The van der Waals surface area contributed by atoms with Crippen molar-refractivity contribution in [1.29, 1.82) is 0 Å². The largest absolute Gasteiger partial charge is 0.375 e. The van der Waals surface area contributed by atoms with Crippen molar-refractivity contribution < 1.29 is 4.74 Å². The Bertz CT molecular complexity index is 898. The van der Waals surface area contributed by atoms with Gasteiger partial charge in [-0.3, -0.25) is 4.90 Å². The summed E-state index contributed by atoms with van der Waals surface area (Å²) in [7, 11) is 2.23. The summed E-state index contributed by atoms with van der Waals surface area (Å²) in [6.07, 6.45) is 7.21. The van der Waals surface area contributed by atoms with Crippen molar-refractivity contribution in [1.82, 2.24) is 24.8 Å². The zero-order valence-electron chi connectivity index (χ0n) is 17.8. The molecule has 0 unspecified atom stereocenters. The van der Waals surface area contributed by atoms with E-state index in [1.54, 1.807) is 12.4 Å². The van der Waals surface area contributed by atoms with Crippen LogP contribution in [0.3, 0.4) is 0 Å². The number of nitrogen functional groups attached to an aromatic ring is 1. The van der Waals surface area contributed by atoms with E-state index in [4.69, 9.17) is 20.4 Å². The van der Waals surface area contributed by atoms with E-state index in [1.165, 1.54) is 19.4 Å². The Hall–Kier alpha value is -2.52. The quantitative estimate of drug-likeness (QED) is 0.802. The van der Waals surface area contributed by atoms with E-state index in [0.29, 0.717) is 0 Å². The molecule has 3 fully saturated rings. The number of hydrogen-bond donors (Lipinski definition) is 1. The van der Waals surface area contributed by atoms with Gasteiger partial charge in [0.25, 0.3) is 0 Å². The molecule has 9 heteroatoms. The van der Waals surface area contributed by atoms with Crippen LogP contribution in [0.4, 0.5) is 17.7 Å². The molecule has 1 atom stereocenters. The van der Waals surface area contributed by atoms with Gasteiger partial charge in [-0.05, 0) is 32.9 Å². The second kappa shape index (κ2) is 7.63. The van der Waals surface area contributed by atoms with Gasteiger partial charge in [-0.1, -0.05) is 6.92 Å². The second-order valence-electron chi connectivity index (χ2n) is 8.69. The van der Waals surface area contributed by atoms with Crippen LogP contribution in [-0.4, -0.2) is 82.9 Å². The predicted molar refractivity (Wildman–Crippen MR) is 117 cm³/mol. The number of rotatable bonds is 4. The zero-order valence-corrected chi connectivity index (χ0v) is 17.8. The molecule has 2 aromatic rings. The molecule has 9 nitrogen and oxygen atoms in total. The van der Waals surface area contributed by atoms with Crippen LogP contribution in [0.15, 0.2) is 18.5 Å². The van der Waals surface area contributed by atoms with Gasteiger partial charge in [0.1, 0.15) is 5.82 Å². The molecule has 160 valence electrons. The summed E-state index contributed by atoms with van der Waals surface area (Å²) in [5, 5.41) is 0. The first kappa shape index (κ1) is 19.4. The SMILES string of the molecule is CC[C@H]1CN(c2cc(-c3cnc(N)nc3)nc(N3CC4(CCCN4C)C3)n2)CCO1. The Kier molecular flexibility index (Phi) is 4.94. The average molecular weight is 411 g/mol. The van der Waals surface area contributed by atoms with Gasteiger partial charge in [0.2, 0.25) is 11.9 Å². The maximum absolute atomic E-state index is 5.86. The maximum Gasteiger partial charge on any atom is 0.228 e. The monoisotopic (exact) mass is 410 g/mol. The van der Waals surface area contributed by atoms with E-state index in [9.17, 15) is 0 Å². The highest BCUT2D eigenvalue weighted by molar-refractivity contribution is 5.64. The number of nitrogens with two attached hydrogens (primary N) is 1. The van der Waals surface area contributed by atoms with Gasteiger partial charge in [0.05, 0.1) is 23.9 Å². The highest BCUT2D eigenvalue weighted by atomic mass is 16.5. The lowest BCUT2D eigenvalue weighted by Crippen LogP contribution is -2.67. The second-order valence-corrected chi connectivity index (χ2v) is 8.69. The van der Waals surface area contributed by atoms with Crippen LogP contribution >= 0.6 is 0 Å². The molecule has 0 bridgehead atoms. The van der Waals surface area contributed by atoms with E-state index in [0.717, 1.165) is 62.2 Å². The molecule has 5 heterocycles. The first-order valence-electron chi connectivity index (χ1n) is 10.9. The molecule has 0 aromatic carbocycles. The van der Waals surface area contributed by atoms with Crippen molar-refractivity contribution in [2.75, 3.05) is 61.9 Å². The summed E-state index contributed by atoms with van der Waals surface area (Å²) in [4.78, 5) is 25.3. The van der Waals surface area contributed by atoms with Gasteiger partial charge in [-0.2, -0.15) is 4.98 Å². The van der Waals surface area contributed by atoms with Crippen molar-refractivity contribution in [3.63, 3.8) is 0 Å². The number of nitrogens with zero attached hydrogens (tertiary/aromatic N) is 7. The molecule has 0 aliphatic carbocycles. The van der Waals surface area contributed by atoms with Gasteiger partial charge in [-0.15, -0.1) is 0 Å². The fourth-order valence-electron chi connectivity index (χ4n) is 4.80. The van der Waals surface area contributed by atoms with Gasteiger partial charge in [-0.25, -0.2) is 15.0 Å². The Morgan fingerprint density at radius 3 is 2.67 bits per heavy atom. The standard InChI is InChI=1S/C21H30N8O/c1-3-16-12-28(7-8-30-16)18-9-17(15-10-23-19(22)24-11-15)25-20(26-18)29-13-21(14-29)5-4-6-27(21)2/h9-11,16H,3-8,12-14H2,1-2H3,(H2,22,23,24)/t16-/m0/s1. The summed E-state index contributed by atoms with van der Waals surface area (Å²) >= 11 is 0. The normalized spacial score (nSPS) is 23.7. The first-order valence-corrected chi connectivity index (χ1v) is 10.9. The Morgan fingerprint density at radius 1 is 1.17 bits per heavy atom. The minimum absolute atomic E-state index is 0.236. The van der Waals surface area contributed by atoms with Crippen LogP contribution in [0.5, 0.6) is 0 Å². The van der Waals surface area contributed by atoms with Crippen molar-refractivity contribution in [2.24, 2.45) is 0 Å². The molecule has 3 aliphatic heterocycles. The zero-order chi connectivity index (χ0) is 20.7. The van der Waals surface area contributed by atoms with Crippen LogP contribution in [0.25, 0.3) is 11.3 Å². The summed E-state index contributed by atoms with van der Waals surface area (Å²) < 4.78 is 5.86. The highest BCUT2D eigenvalue weighted by Crippen LogP contribution is 2.39. The maximum atomic E-state index is 5.86.